The minimum absolute atomic E-state index is 0.0632. The van der Waals surface area contributed by atoms with Crippen LogP contribution in [-0.2, 0) is 4.79 Å². The molecule has 2 aromatic rings. The smallest absolute Gasteiger partial charge is 0.176 e. The molecule has 1 saturated carbocycles. The second kappa shape index (κ2) is 7.14. The number of hydrogen-bond acceptors (Lipinski definition) is 5. The largest absolute Gasteiger partial charge is 0.293 e. The van der Waals surface area contributed by atoms with Crippen LogP contribution >= 0.6 is 0 Å². The number of aromatic nitrogens is 2. The molecule has 3 rings (SSSR count). The first kappa shape index (κ1) is 16.0. The Bertz CT molecular complexity index is 808. The molecular formula is C19H18N4O. The van der Waals surface area contributed by atoms with Crippen LogP contribution in [0.2, 0.25) is 0 Å². The molecule has 24 heavy (non-hydrogen) atoms. The Kier molecular flexibility index (Phi) is 4.76. The summed E-state index contributed by atoms with van der Waals surface area (Å²) in [5.41, 5.74) is 2.77. The van der Waals surface area contributed by atoms with Gasteiger partial charge < -0.3 is 0 Å². The van der Waals surface area contributed by atoms with E-state index < -0.39 is 0 Å². The molecule has 2 heterocycles. The highest BCUT2D eigenvalue weighted by Gasteiger charge is 2.28. The number of aliphatic imine (C=N–C) groups is 1. The van der Waals surface area contributed by atoms with Gasteiger partial charge in [0.2, 0.25) is 0 Å². The van der Waals surface area contributed by atoms with Crippen molar-refractivity contribution in [1.29, 1.82) is 5.26 Å². The average Bonchev–Trinajstić information content (AvgIpc) is 2.64. The molecule has 0 N–H and O–H groups in total. The topological polar surface area (TPSA) is 79.0 Å². The van der Waals surface area contributed by atoms with Gasteiger partial charge >= 0.3 is 0 Å². The predicted molar refractivity (Wildman–Crippen MR) is 90.6 cm³/mol. The van der Waals surface area contributed by atoms with Crippen LogP contribution < -0.4 is 0 Å². The number of hydrogen-bond donors (Lipinski definition) is 0. The van der Waals surface area contributed by atoms with Gasteiger partial charge in [-0.25, -0.2) is 0 Å². The van der Waals surface area contributed by atoms with E-state index in [4.69, 9.17) is 0 Å². The molecular weight excluding hydrogens is 300 g/mol. The zero-order valence-electron chi connectivity index (χ0n) is 13.5. The van der Waals surface area contributed by atoms with Crippen LogP contribution in [0.25, 0.3) is 0 Å². The van der Waals surface area contributed by atoms with E-state index in [9.17, 15) is 10.1 Å². The first-order valence-electron chi connectivity index (χ1n) is 8.05. The molecule has 0 amide bonds. The maximum atomic E-state index is 12.3. The molecule has 2 atom stereocenters. The van der Waals surface area contributed by atoms with E-state index >= 15 is 0 Å². The zero-order chi connectivity index (χ0) is 16.9. The molecule has 1 fully saturated rings. The van der Waals surface area contributed by atoms with Gasteiger partial charge in [-0.2, -0.15) is 5.26 Å². The second-order valence-corrected chi connectivity index (χ2v) is 5.92. The van der Waals surface area contributed by atoms with Gasteiger partial charge in [0.25, 0.3) is 0 Å². The van der Waals surface area contributed by atoms with Gasteiger partial charge in [0, 0.05) is 31.2 Å². The fourth-order valence-corrected chi connectivity index (χ4v) is 3.02. The first-order valence-corrected chi connectivity index (χ1v) is 8.05. The quantitative estimate of drug-likeness (QED) is 0.869. The Morgan fingerprint density at radius 3 is 2.83 bits per heavy atom. The molecule has 0 aromatic carbocycles. The number of ketones is 1. The summed E-state index contributed by atoms with van der Waals surface area (Å²) in [4.78, 5) is 25.5. The number of nitrogens with zero attached hydrogens (tertiary/aromatic N) is 4. The van der Waals surface area contributed by atoms with E-state index in [1.165, 1.54) is 0 Å². The van der Waals surface area contributed by atoms with E-state index in [0.29, 0.717) is 30.5 Å². The predicted octanol–water partition coefficient (Wildman–Crippen LogP) is 3.39. The summed E-state index contributed by atoms with van der Waals surface area (Å²) in [5, 5.41) is 9.27. The number of carbonyl (C=O) groups is 1. The molecule has 2 unspecified atom stereocenters. The third-order valence-corrected chi connectivity index (χ3v) is 4.29. The summed E-state index contributed by atoms with van der Waals surface area (Å²) >= 11 is 0. The summed E-state index contributed by atoms with van der Waals surface area (Å²) in [5.74, 6) is 0.150. The lowest BCUT2D eigenvalue weighted by atomic mass is 9.83. The second-order valence-electron chi connectivity index (χ2n) is 5.92. The summed E-state index contributed by atoms with van der Waals surface area (Å²) in [6, 6.07) is 11.2. The van der Waals surface area contributed by atoms with Crippen molar-refractivity contribution in [1.82, 2.24) is 9.97 Å². The fraction of sp³-hybridized carbons (Fsp3) is 0.316. The van der Waals surface area contributed by atoms with Gasteiger partial charge in [-0.1, -0.05) is 6.07 Å². The third kappa shape index (κ3) is 3.38. The van der Waals surface area contributed by atoms with Gasteiger partial charge in [0.1, 0.15) is 6.07 Å². The highest BCUT2D eigenvalue weighted by atomic mass is 16.1. The van der Waals surface area contributed by atoms with Crippen molar-refractivity contribution >= 4 is 11.5 Å². The van der Waals surface area contributed by atoms with Crippen molar-refractivity contribution < 1.29 is 4.79 Å². The Hall–Kier alpha value is -2.87. The first-order chi connectivity index (χ1) is 11.7. The van der Waals surface area contributed by atoms with Crippen molar-refractivity contribution in [3.8, 4) is 6.07 Å². The molecule has 1 aliphatic rings. The SMILES string of the molecule is CC(N=C1CC(c2ncccc2C#N)CCC1=O)c1ccccn1. The van der Waals surface area contributed by atoms with Crippen molar-refractivity contribution in [3.63, 3.8) is 0 Å². The van der Waals surface area contributed by atoms with Crippen molar-refractivity contribution in [3.05, 3.63) is 59.7 Å². The lowest BCUT2D eigenvalue weighted by Crippen LogP contribution is -2.25. The number of carbonyl (C=O) groups excluding carboxylic acids is 1. The number of pyridine rings is 2. The standard InChI is InChI=1S/C19H18N4O/c1-13(16-6-2-3-9-21-16)23-17-11-14(7-8-18(17)24)19-15(12-20)5-4-10-22-19/h2-6,9-10,13-14H,7-8,11H2,1H3. The molecule has 0 saturated heterocycles. The Labute approximate surface area is 141 Å². The maximum Gasteiger partial charge on any atom is 0.176 e. The lowest BCUT2D eigenvalue weighted by Gasteiger charge is -2.23. The third-order valence-electron chi connectivity index (χ3n) is 4.29. The van der Waals surface area contributed by atoms with E-state index in [1.54, 1.807) is 24.5 Å². The van der Waals surface area contributed by atoms with Crippen LogP contribution in [0.1, 0.15) is 55.1 Å². The van der Waals surface area contributed by atoms with E-state index in [0.717, 1.165) is 11.4 Å². The van der Waals surface area contributed by atoms with Crippen molar-refractivity contribution in [2.45, 2.75) is 38.1 Å². The maximum absolute atomic E-state index is 12.3. The molecule has 0 radical (unpaired) electrons. The van der Waals surface area contributed by atoms with Crippen LogP contribution in [0.4, 0.5) is 0 Å². The highest BCUT2D eigenvalue weighted by Crippen LogP contribution is 2.31. The van der Waals surface area contributed by atoms with Crippen LogP contribution in [0, 0.1) is 11.3 Å². The van der Waals surface area contributed by atoms with Gasteiger partial charge in [-0.15, -0.1) is 0 Å². The van der Waals surface area contributed by atoms with E-state index in [-0.39, 0.29) is 17.7 Å². The van der Waals surface area contributed by atoms with Gasteiger partial charge in [0.05, 0.1) is 28.7 Å². The molecule has 120 valence electrons. The molecule has 5 heteroatoms. The Morgan fingerprint density at radius 2 is 2.08 bits per heavy atom. The van der Waals surface area contributed by atoms with E-state index in [2.05, 4.69) is 21.0 Å². The fourth-order valence-electron chi connectivity index (χ4n) is 3.02. The van der Waals surface area contributed by atoms with Gasteiger partial charge in [-0.05, 0) is 37.6 Å². The van der Waals surface area contributed by atoms with Crippen LogP contribution in [-0.4, -0.2) is 21.5 Å². The summed E-state index contributed by atoms with van der Waals surface area (Å²) < 4.78 is 0. The zero-order valence-corrected chi connectivity index (χ0v) is 13.5. The van der Waals surface area contributed by atoms with Crippen molar-refractivity contribution in [2.24, 2.45) is 4.99 Å². The van der Waals surface area contributed by atoms with Crippen molar-refractivity contribution in [2.75, 3.05) is 0 Å². The Balaban J connectivity index is 1.85. The Morgan fingerprint density at radius 1 is 1.25 bits per heavy atom. The number of nitriles is 1. The molecule has 0 bridgehead atoms. The summed E-state index contributed by atoms with van der Waals surface area (Å²) in [6.07, 6.45) is 5.10. The van der Waals surface area contributed by atoms with Gasteiger partial charge in [0.15, 0.2) is 5.78 Å². The summed E-state index contributed by atoms with van der Waals surface area (Å²) in [7, 11) is 0. The molecule has 0 spiro atoms. The summed E-state index contributed by atoms with van der Waals surface area (Å²) in [6.45, 7) is 1.94. The van der Waals surface area contributed by atoms with Crippen LogP contribution in [0.5, 0.6) is 0 Å². The monoisotopic (exact) mass is 318 g/mol. The number of Topliss-reactive ketones (excluding diaryl/α,β-unsaturated/α-hetero) is 1. The lowest BCUT2D eigenvalue weighted by molar-refractivity contribution is -0.113. The van der Waals surface area contributed by atoms with Crippen LogP contribution in [0.3, 0.4) is 0 Å². The normalized spacial score (nSPS) is 20.6. The van der Waals surface area contributed by atoms with Crippen LogP contribution in [0.15, 0.2) is 47.7 Å². The minimum atomic E-state index is -0.164. The average molecular weight is 318 g/mol. The number of rotatable bonds is 3. The van der Waals surface area contributed by atoms with E-state index in [1.807, 2.05) is 25.1 Å². The van der Waals surface area contributed by atoms with Gasteiger partial charge in [-0.3, -0.25) is 19.8 Å². The molecule has 0 aliphatic heterocycles. The molecule has 5 nitrogen and oxygen atoms in total. The highest BCUT2D eigenvalue weighted by molar-refractivity contribution is 6.40. The minimum Gasteiger partial charge on any atom is -0.293 e. The molecule has 1 aliphatic carbocycles. The molecule has 2 aromatic heterocycles.